The Bertz CT molecular complexity index is 1110. The number of nitrogens with zero attached hydrogens (tertiary/aromatic N) is 2. The lowest BCUT2D eigenvalue weighted by atomic mass is 10.0. The highest BCUT2D eigenvalue weighted by atomic mass is 16.5. The second-order valence-corrected chi connectivity index (χ2v) is 7.96. The second-order valence-electron chi connectivity index (χ2n) is 7.96. The Labute approximate surface area is 173 Å². The van der Waals surface area contributed by atoms with Crippen LogP contribution >= 0.6 is 0 Å². The first kappa shape index (κ1) is 19.3. The number of hydrogen-bond donors (Lipinski definition) is 0. The molecule has 0 fully saturated rings. The minimum Gasteiger partial charge on any atom is -0.485 e. The van der Waals surface area contributed by atoms with Gasteiger partial charge >= 0.3 is 0 Å². The molecule has 3 nitrogen and oxygen atoms in total. The smallest absolute Gasteiger partial charge is 0.148 e. The molecule has 4 aromatic rings. The molecule has 0 saturated carbocycles. The number of aryl methyl sites for hydroxylation is 1. The van der Waals surface area contributed by atoms with Gasteiger partial charge in [0.05, 0.1) is 17.1 Å². The van der Waals surface area contributed by atoms with Crippen molar-refractivity contribution in [2.24, 2.45) is 0 Å². The summed E-state index contributed by atoms with van der Waals surface area (Å²) >= 11 is 0. The highest BCUT2D eigenvalue weighted by molar-refractivity contribution is 5.76. The molecule has 0 amide bonds. The van der Waals surface area contributed by atoms with Crippen molar-refractivity contribution in [1.29, 1.82) is 0 Å². The van der Waals surface area contributed by atoms with Crippen LogP contribution in [0.15, 0.2) is 72.8 Å². The number of ether oxygens (including phenoxy) is 1. The van der Waals surface area contributed by atoms with Gasteiger partial charge in [-0.05, 0) is 54.7 Å². The van der Waals surface area contributed by atoms with Crippen LogP contribution in [0.4, 0.5) is 0 Å². The van der Waals surface area contributed by atoms with E-state index >= 15 is 0 Å². The van der Waals surface area contributed by atoms with Gasteiger partial charge in [0.15, 0.2) is 0 Å². The Morgan fingerprint density at radius 3 is 2.38 bits per heavy atom. The second kappa shape index (κ2) is 8.12. The van der Waals surface area contributed by atoms with E-state index in [4.69, 9.17) is 9.72 Å². The van der Waals surface area contributed by atoms with Crippen LogP contribution < -0.4 is 4.74 Å². The lowest BCUT2D eigenvalue weighted by Gasteiger charge is -2.19. The van der Waals surface area contributed by atoms with Crippen molar-refractivity contribution in [3.63, 3.8) is 0 Å². The molecule has 148 valence electrons. The van der Waals surface area contributed by atoms with E-state index in [1.54, 1.807) is 0 Å². The fourth-order valence-corrected chi connectivity index (χ4v) is 3.89. The van der Waals surface area contributed by atoms with Gasteiger partial charge in [-0.25, -0.2) is 4.98 Å². The van der Waals surface area contributed by atoms with Crippen LogP contribution in [-0.4, -0.2) is 9.55 Å². The third-order valence-corrected chi connectivity index (χ3v) is 5.49. The predicted molar refractivity (Wildman–Crippen MR) is 120 cm³/mol. The van der Waals surface area contributed by atoms with Crippen molar-refractivity contribution >= 4 is 11.0 Å². The van der Waals surface area contributed by atoms with Crippen molar-refractivity contribution in [2.45, 2.75) is 46.3 Å². The van der Waals surface area contributed by atoms with Crippen LogP contribution in [-0.2, 0) is 6.61 Å². The van der Waals surface area contributed by atoms with E-state index < -0.39 is 0 Å². The van der Waals surface area contributed by atoms with Crippen molar-refractivity contribution in [1.82, 2.24) is 9.55 Å². The number of benzene rings is 3. The molecule has 0 radical (unpaired) electrons. The molecule has 0 unspecified atom stereocenters. The van der Waals surface area contributed by atoms with Gasteiger partial charge < -0.3 is 9.30 Å². The Balaban J connectivity index is 1.72. The number of imidazole rings is 1. The molecular weight excluding hydrogens is 356 g/mol. The third-order valence-electron chi connectivity index (χ3n) is 5.49. The van der Waals surface area contributed by atoms with Crippen molar-refractivity contribution in [2.75, 3.05) is 0 Å². The third kappa shape index (κ3) is 3.91. The molecule has 1 aromatic heterocycles. The topological polar surface area (TPSA) is 27.1 Å². The minimum absolute atomic E-state index is 0.171. The first-order valence-corrected chi connectivity index (χ1v) is 10.3. The van der Waals surface area contributed by atoms with E-state index in [1.165, 1.54) is 16.7 Å². The maximum Gasteiger partial charge on any atom is 0.148 e. The molecule has 0 aliphatic carbocycles. The number of para-hydroxylation sites is 2. The van der Waals surface area contributed by atoms with Gasteiger partial charge in [0.1, 0.15) is 18.2 Å². The van der Waals surface area contributed by atoms with E-state index in [9.17, 15) is 0 Å². The predicted octanol–water partition coefficient (Wildman–Crippen LogP) is 6.66. The van der Waals surface area contributed by atoms with E-state index in [0.717, 1.165) is 22.6 Å². The van der Waals surface area contributed by atoms with E-state index in [0.29, 0.717) is 12.5 Å². The Morgan fingerprint density at radius 1 is 0.897 bits per heavy atom. The van der Waals surface area contributed by atoms with Crippen LogP contribution in [0.3, 0.4) is 0 Å². The van der Waals surface area contributed by atoms with Gasteiger partial charge in [-0.15, -0.1) is 0 Å². The summed E-state index contributed by atoms with van der Waals surface area (Å²) in [6.45, 7) is 9.16. The minimum atomic E-state index is 0.171. The van der Waals surface area contributed by atoms with Gasteiger partial charge in [0.25, 0.3) is 0 Å². The highest BCUT2D eigenvalue weighted by Gasteiger charge is 2.18. The molecule has 0 aliphatic heterocycles. The largest absolute Gasteiger partial charge is 0.485 e. The van der Waals surface area contributed by atoms with Crippen LogP contribution in [0.25, 0.3) is 11.0 Å². The van der Waals surface area contributed by atoms with Gasteiger partial charge in [0.2, 0.25) is 0 Å². The molecule has 3 aromatic carbocycles. The van der Waals surface area contributed by atoms with E-state index in [2.05, 4.69) is 99.0 Å². The summed E-state index contributed by atoms with van der Waals surface area (Å²) < 4.78 is 8.64. The molecule has 0 aliphatic rings. The normalized spacial score (nSPS) is 12.4. The van der Waals surface area contributed by atoms with Crippen LogP contribution in [0.1, 0.15) is 55.2 Å². The maximum atomic E-state index is 6.34. The van der Waals surface area contributed by atoms with Gasteiger partial charge in [-0.3, -0.25) is 0 Å². The van der Waals surface area contributed by atoms with Crippen LogP contribution in [0.5, 0.6) is 5.75 Å². The summed E-state index contributed by atoms with van der Waals surface area (Å²) in [6.07, 6.45) is 0. The number of aromatic nitrogens is 2. The van der Waals surface area contributed by atoms with Gasteiger partial charge in [0, 0.05) is 0 Å². The van der Waals surface area contributed by atoms with Crippen molar-refractivity contribution in [3.05, 3.63) is 95.3 Å². The van der Waals surface area contributed by atoms with Crippen molar-refractivity contribution < 1.29 is 4.74 Å². The van der Waals surface area contributed by atoms with Crippen molar-refractivity contribution in [3.8, 4) is 5.75 Å². The summed E-state index contributed by atoms with van der Waals surface area (Å²) in [5, 5.41) is 0. The number of hydrogen-bond acceptors (Lipinski definition) is 2. The maximum absolute atomic E-state index is 6.34. The number of fused-ring (bicyclic) bond motifs is 1. The Morgan fingerprint density at radius 2 is 1.62 bits per heavy atom. The summed E-state index contributed by atoms with van der Waals surface area (Å²) in [5.74, 6) is 2.30. The molecule has 0 bridgehead atoms. The summed E-state index contributed by atoms with van der Waals surface area (Å²) in [5.41, 5.74) is 5.83. The fourth-order valence-electron chi connectivity index (χ4n) is 3.89. The average Bonchev–Trinajstić information content (AvgIpc) is 3.10. The molecule has 4 rings (SSSR count). The zero-order valence-corrected chi connectivity index (χ0v) is 17.6. The molecular formula is C26H28N2O. The molecule has 29 heavy (non-hydrogen) atoms. The first-order chi connectivity index (χ1) is 14.0. The highest BCUT2D eigenvalue weighted by Crippen LogP contribution is 2.30. The number of rotatable bonds is 6. The quantitative estimate of drug-likeness (QED) is 0.372. The van der Waals surface area contributed by atoms with Crippen LogP contribution in [0.2, 0.25) is 0 Å². The van der Waals surface area contributed by atoms with Crippen LogP contribution in [0, 0.1) is 6.92 Å². The summed E-state index contributed by atoms with van der Waals surface area (Å²) in [6, 6.07) is 25.5. The molecule has 0 N–H and O–H groups in total. The van der Waals surface area contributed by atoms with E-state index in [-0.39, 0.29) is 6.04 Å². The Kier molecular flexibility index (Phi) is 5.39. The zero-order valence-electron chi connectivity index (χ0n) is 17.6. The van der Waals surface area contributed by atoms with Gasteiger partial charge in [-0.1, -0.05) is 68.4 Å². The zero-order chi connectivity index (χ0) is 20.4. The summed E-state index contributed by atoms with van der Waals surface area (Å²) in [4.78, 5) is 4.91. The monoisotopic (exact) mass is 384 g/mol. The van der Waals surface area contributed by atoms with Gasteiger partial charge in [-0.2, -0.15) is 0 Å². The molecule has 1 heterocycles. The molecule has 0 saturated heterocycles. The molecule has 1 atom stereocenters. The molecule has 3 heteroatoms. The molecule has 0 spiro atoms. The summed E-state index contributed by atoms with van der Waals surface area (Å²) in [7, 11) is 0. The fraction of sp³-hybridized carbons (Fsp3) is 0.269. The SMILES string of the molecule is Cc1ccc(C(C)C)c(OCc2nc3ccccc3n2[C@@H](C)c2ccccc2)c1. The van der Waals surface area contributed by atoms with E-state index in [1.807, 2.05) is 6.07 Å². The first-order valence-electron chi connectivity index (χ1n) is 10.3. The Hall–Kier alpha value is -3.07. The standard InChI is InChI=1S/C26H28N2O/c1-18(2)22-15-14-19(3)16-25(22)29-17-26-27-23-12-8-9-13-24(23)28(26)20(4)21-10-6-5-7-11-21/h5-16,18,20H,17H2,1-4H3/t20-/m0/s1. The lowest BCUT2D eigenvalue weighted by molar-refractivity contribution is 0.284. The average molecular weight is 385 g/mol. The lowest BCUT2D eigenvalue weighted by Crippen LogP contribution is -2.13.